The van der Waals surface area contributed by atoms with E-state index in [1.54, 1.807) is 12.4 Å². The molecule has 0 aliphatic carbocycles. The van der Waals surface area contributed by atoms with Crippen molar-refractivity contribution in [2.45, 2.75) is 13.0 Å². The number of hydrogen-bond donors (Lipinski definition) is 1. The van der Waals surface area contributed by atoms with Crippen molar-refractivity contribution in [1.29, 1.82) is 0 Å². The Morgan fingerprint density at radius 3 is 2.69 bits per heavy atom. The van der Waals surface area contributed by atoms with Gasteiger partial charge in [0.05, 0.1) is 6.04 Å². The van der Waals surface area contributed by atoms with Crippen LogP contribution in [0.5, 0.6) is 0 Å². The maximum absolute atomic E-state index is 6.14. The molecule has 82 valence electrons. The van der Waals surface area contributed by atoms with E-state index in [1.165, 1.54) is 0 Å². The van der Waals surface area contributed by atoms with Gasteiger partial charge in [0.15, 0.2) is 0 Å². The summed E-state index contributed by atoms with van der Waals surface area (Å²) in [6.45, 7) is 1.97. The average molecular weight is 233 g/mol. The van der Waals surface area contributed by atoms with Crippen LogP contribution in [0.4, 0.5) is 0 Å². The number of halogens is 1. The zero-order chi connectivity index (χ0) is 11.5. The molecule has 0 radical (unpaired) electrons. The zero-order valence-corrected chi connectivity index (χ0v) is 9.78. The van der Waals surface area contributed by atoms with Gasteiger partial charge in [0.2, 0.25) is 0 Å². The lowest BCUT2D eigenvalue weighted by atomic mass is 10.0. The molecule has 0 saturated heterocycles. The van der Waals surface area contributed by atoms with Crippen LogP contribution in [0.25, 0.3) is 0 Å². The smallest absolute Gasteiger partial charge is 0.0567 e. The summed E-state index contributed by atoms with van der Waals surface area (Å²) >= 11 is 6.07. The molecular formula is C13H13ClN2. The molecule has 0 saturated carbocycles. The Kier molecular flexibility index (Phi) is 3.22. The van der Waals surface area contributed by atoms with Crippen LogP contribution in [-0.4, -0.2) is 4.98 Å². The summed E-state index contributed by atoms with van der Waals surface area (Å²) in [6.07, 6.45) is 3.51. The van der Waals surface area contributed by atoms with Gasteiger partial charge in [-0.25, -0.2) is 0 Å². The van der Waals surface area contributed by atoms with Crippen molar-refractivity contribution < 1.29 is 0 Å². The van der Waals surface area contributed by atoms with E-state index >= 15 is 0 Å². The number of nitrogens with two attached hydrogens (primary N) is 1. The molecule has 1 atom stereocenters. The first kappa shape index (κ1) is 11.1. The number of nitrogens with zero attached hydrogens (tertiary/aromatic N) is 1. The lowest BCUT2D eigenvalue weighted by molar-refractivity contribution is 0.862. The van der Waals surface area contributed by atoms with Crippen molar-refractivity contribution >= 4 is 11.6 Å². The van der Waals surface area contributed by atoms with Crippen molar-refractivity contribution in [2.75, 3.05) is 0 Å². The largest absolute Gasteiger partial charge is 0.320 e. The molecule has 2 aromatic rings. The van der Waals surface area contributed by atoms with E-state index in [0.717, 1.165) is 21.7 Å². The molecule has 0 amide bonds. The van der Waals surface area contributed by atoms with E-state index in [1.807, 2.05) is 37.3 Å². The van der Waals surface area contributed by atoms with E-state index in [4.69, 9.17) is 17.3 Å². The molecule has 1 aromatic carbocycles. The second kappa shape index (κ2) is 4.64. The number of aromatic nitrogens is 1. The standard InChI is InChI=1S/C13H13ClN2/c1-9-4-5-10(7-12(9)14)13(15)11-3-2-6-16-8-11/h2-8,13H,15H2,1H3. The van der Waals surface area contributed by atoms with Gasteiger partial charge < -0.3 is 5.73 Å². The van der Waals surface area contributed by atoms with Crippen molar-refractivity contribution in [3.8, 4) is 0 Å². The molecule has 0 spiro atoms. The monoisotopic (exact) mass is 232 g/mol. The summed E-state index contributed by atoms with van der Waals surface area (Å²) in [4.78, 5) is 4.06. The lowest BCUT2D eigenvalue weighted by Crippen LogP contribution is -2.11. The fraction of sp³-hybridized carbons (Fsp3) is 0.154. The first-order chi connectivity index (χ1) is 7.68. The van der Waals surface area contributed by atoms with Crippen LogP contribution in [0.3, 0.4) is 0 Å². The summed E-state index contributed by atoms with van der Waals surface area (Å²) in [5.41, 5.74) is 9.19. The van der Waals surface area contributed by atoms with E-state index < -0.39 is 0 Å². The van der Waals surface area contributed by atoms with Gasteiger partial charge in [-0.05, 0) is 35.7 Å². The highest BCUT2D eigenvalue weighted by molar-refractivity contribution is 6.31. The quantitative estimate of drug-likeness (QED) is 0.864. The summed E-state index contributed by atoms with van der Waals surface area (Å²) in [5.74, 6) is 0. The SMILES string of the molecule is Cc1ccc(C(N)c2cccnc2)cc1Cl. The minimum atomic E-state index is -0.174. The number of hydrogen-bond acceptors (Lipinski definition) is 2. The van der Waals surface area contributed by atoms with Crippen LogP contribution in [0, 0.1) is 6.92 Å². The van der Waals surface area contributed by atoms with Gasteiger partial charge in [0.25, 0.3) is 0 Å². The summed E-state index contributed by atoms with van der Waals surface area (Å²) < 4.78 is 0. The molecule has 2 nitrogen and oxygen atoms in total. The van der Waals surface area contributed by atoms with Crippen molar-refractivity contribution in [3.05, 3.63) is 64.4 Å². The van der Waals surface area contributed by atoms with E-state index in [-0.39, 0.29) is 6.04 Å². The minimum Gasteiger partial charge on any atom is -0.320 e. The van der Waals surface area contributed by atoms with Gasteiger partial charge in [-0.2, -0.15) is 0 Å². The van der Waals surface area contributed by atoms with Crippen LogP contribution in [0.15, 0.2) is 42.7 Å². The molecule has 3 heteroatoms. The van der Waals surface area contributed by atoms with Gasteiger partial charge in [-0.15, -0.1) is 0 Å². The molecule has 0 aliphatic heterocycles. The van der Waals surface area contributed by atoms with Crippen molar-refractivity contribution in [1.82, 2.24) is 4.98 Å². The second-order valence-corrected chi connectivity index (χ2v) is 4.18. The average Bonchev–Trinajstić information content (AvgIpc) is 2.33. The van der Waals surface area contributed by atoms with Crippen LogP contribution >= 0.6 is 11.6 Å². The molecule has 0 bridgehead atoms. The summed E-state index contributed by atoms with van der Waals surface area (Å²) in [6, 6.07) is 9.56. The first-order valence-corrected chi connectivity index (χ1v) is 5.48. The second-order valence-electron chi connectivity index (χ2n) is 3.77. The third kappa shape index (κ3) is 2.23. The van der Waals surface area contributed by atoms with Crippen LogP contribution in [-0.2, 0) is 0 Å². The Hall–Kier alpha value is -1.38. The molecule has 1 heterocycles. The van der Waals surface area contributed by atoms with Gasteiger partial charge in [-0.1, -0.05) is 29.8 Å². The molecule has 2 N–H and O–H groups in total. The van der Waals surface area contributed by atoms with E-state index in [9.17, 15) is 0 Å². The van der Waals surface area contributed by atoms with Crippen LogP contribution < -0.4 is 5.73 Å². The normalized spacial score (nSPS) is 12.4. The number of aryl methyl sites for hydroxylation is 1. The van der Waals surface area contributed by atoms with Gasteiger partial charge in [0, 0.05) is 17.4 Å². The minimum absolute atomic E-state index is 0.174. The third-order valence-electron chi connectivity index (χ3n) is 2.60. The number of benzene rings is 1. The Morgan fingerprint density at radius 2 is 2.06 bits per heavy atom. The van der Waals surface area contributed by atoms with Gasteiger partial charge >= 0.3 is 0 Å². The van der Waals surface area contributed by atoms with Gasteiger partial charge in [0.1, 0.15) is 0 Å². The number of rotatable bonds is 2. The predicted molar refractivity (Wildman–Crippen MR) is 66.5 cm³/mol. The Bertz CT molecular complexity index is 483. The Morgan fingerprint density at radius 1 is 1.25 bits per heavy atom. The van der Waals surface area contributed by atoms with Crippen molar-refractivity contribution in [3.63, 3.8) is 0 Å². The fourth-order valence-electron chi connectivity index (χ4n) is 1.55. The first-order valence-electron chi connectivity index (χ1n) is 5.10. The molecule has 16 heavy (non-hydrogen) atoms. The zero-order valence-electron chi connectivity index (χ0n) is 9.02. The van der Waals surface area contributed by atoms with E-state index in [2.05, 4.69) is 4.98 Å². The molecule has 2 rings (SSSR count). The topological polar surface area (TPSA) is 38.9 Å². The highest BCUT2D eigenvalue weighted by Crippen LogP contribution is 2.23. The highest BCUT2D eigenvalue weighted by Gasteiger charge is 2.09. The predicted octanol–water partition coefficient (Wildman–Crippen LogP) is 3.09. The molecule has 0 fully saturated rings. The Labute approximate surface area is 100 Å². The molecule has 1 unspecified atom stereocenters. The molecule has 1 aromatic heterocycles. The van der Waals surface area contributed by atoms with Crippen molar-refractivity contribution in [2.24, 2.45) is 5.73 Å². The maximum atomic E-state index is 6.14. The van der Waals surface area contributed by atoms with Crippen LogP contribution in [0.2, 0.25) is 5.02 Å². The van der Waals surface area contributed by atoms with E-state index in [0.29, 0.717) is 0 Å². The third-order valence-corrected chi connectivity index (χ3v) is 3.01. The van der Waals surface area contributed by atoms with Crippen LogP contribution in [0.1, 0.15) is 22.7 Å². The summed E-state index contributed by atoms with van der Waals surface area (Å²) in [5, 5.41) is 0.747. The summed E-state index contributed by atoms with van der Waals surface area (Å²) in [7, 11) is 0. The lowest BCUT2D eigenvalue weighted by Gasteiger charge is -2.12. The Balaban J connectivity index is 2.34. The van der Waals surface area contributed by atoms with Gasteiger partial charge in [-0.3, -0.25) is 4.98 Å². The highest BCUT2D eigenvalue weighted by atomic mass is 35.5. The maximum Gasteiger partial charge on any atom is 0.0567 e. The fourth-order valence-corrected chi connectivity index (χ4v) is 1.74. The molecule has 0 aliphatic rings. The number of pyridine rings is 1. The molecular weight excluding hydrogens is 220 g/mol.